The number of ether oxygens (including phenoxy) is 1. The van der Waals surface area contributed by atoms with E-state index in [1.54, 1.807) is 4.90 Å². The molecule has 0 aliphatic carbocycles. The lowest BCUT2D eigenvalue weighted by molar-refractivity contribution is -0.0293. The van der Waals surface area contributed by atoms with Crippen LogP contribution in [0, 0.1) is 0 Å². The largest absolute Gasteiger partial charge is 0.443 e. The van der Waals surface area contributed by atoms with Gasteiger partial charge in [0.05, 0.1) is 6.10 Å². The smallest absolute Gasteiger partial charge is 0.410 e. The number of rotatable bonds is 2. The molecule has 1 N–H and O–H groups in total. The molecule has 0 spiro atoms. The average molecular weight is 243 g/mol. The molecule has 1 rings (SSSR count). The Morgan fingerprint density at radius 1 is 1.35 bits per heavy atom. The third kappa shape index (κ3) is 3.60. The Morgan fingerprint density at radius 3 is 2.24 bits per heavy atom. The van der Waals surface area contributed by atoms with E-state index in [2.05, 4.69) is 0 Å². The van der Waals surface area contributed by atoms with Crippen molar-refractivity contribution in [3.05, 3.63) is 0 Å². The van der Waals surface area contributed by atoms with Gasteiger partial charge in [-0.2, -0.15) is 0 Å². The molecule has 4 nitrogen and oxygen atoms in total. The Hall–Kier alpha value is -0.770. The van der Waals surface area contributed by atoms with Crippen molar-refractivity contribution in [3.63, 3.8) is 0 Å². The number of aliphatic hydroxyl groups is 1. The summed E-state index contributed by atoms with van der Waals surface area (Å²) in [6, 6.07) is 0.0720. The van der Waals surface area contributed by atoms with E-state index < -0.39 is 5.60 Å². The zero-order valence-corrected chi connectivity index (χ0v) is 11.6. The van der Waals surface area contributed by atoms with Gasteiger partial charge in [-0.05, 0) is 47.0 Å². The Bertz CT molecular complexity index is 266. The van der Waals surface area contributed by atoms with Crippen molar-refractivity contribution >= 4 is 6.09 Å². The first-order chi connectivity index (χ1) is 7.76. The fourth-order valence-electron chi connectivity index (χ4n) is 2.27. The van der Waals surface area contributed by atoms with Crippen LogP contribution < -0.4 is 0 Å². The number of carbonyl (C=O) groups excluding carboxylic acids is 1. The van der Waals surface area contributed by atoms with E-state index in [-0.39, 0.29) is 24.3 Å². The highest BCUT2D eigenvalue weighted by Crippen LogP contribution is 2.26. The van der Waals surface area contributed by atoms with E-state index in [9.17, 15) is 9.90 Å². The molecule has 1 heterocycles. The number of carbonyl (C=O) groups is 1. The quantitative estimate of drug-likeness (QED) is 0.811. The summed E-state index contributed by atoms with van der Waals surface area (Å²) in [5, 5.41) is 9.65. The first-order valence-electron chi connectivity index (χ1n) is 6.46. The zero-order chi connectivity index (χ0) is 13.2. The first-order valence-corrected chi connectivity index (χ1v) is 6.46. The first kappa shape index (κ1) is 14.3. The normalized spacial score (nSPS) is 30.2. The van der Waals surface area contributed by atoms with E-state index in [1.165, 1.54) is 0 Å². The van der Waals surface area contributed by atoms with Gasteiger partial charge in [0.25, 0.3) is 0 Å². The molecule has 17 heavy (non-hydrogen) atoms. The van der Waals surface area contributed by atoms with Crippen molar-refractivity contribution in [2.45, 2.75) is 77.7 Å². The summed E-state index contributed by atoms with van der Waals surface area (Å²) in [5.41, 5.74) is -0.424. The van der Waals surface area contributed by atoms with E-state index >= 15 is 0 Å². The summed E-state index contributed by atoms with van der Waals surface area (Å²) in [7, 11) is 0. The van der Waals surface area contributed by atoms with Crippen molar-refractivity contribution in [2.24, 2.45) is 0 Å². The topological polar surface area (TPSA) is 49.8 Å². The molecule has 2 atom stereocenters. The maximum Gasteiger partial charge on any atom is 0.410 e. The minimum Gasteiger partial charge on any atom is -0.443 e. The van der Waals surface area contributed by atoms with E-state index in [4.69, 9.17) is 4.74 Å². The molecule has 0 bridgehead atoms. The van der Waals surface area contributed by atoms with Crippen molar-refractivity contribution in [2.75, 3.05) is 0 Å². The highest BCUT2D eigenvalue weighted by molar-refractivity contribution is 5.69. The number of aliphatic hydroxyl groups excluding tert-OH is 1. The lowest BCUT2D eigenvalue weighted by atomic mass is 9.95. The molecule has 0 radical (unpaired) electrons. The standard InChI is InChI=1S/C13H25NO3/c1-6-13(4,5)17-12(16)14-9(2)7-11(15)8-10(14)3/h9-11,15H,6-8H2,1-5H3. The maximum absolute atomic E-state index is 12.1. The van der Waals surface area contributed by atoms with Gasteiger partial charge in [-0.1, -0.05) is 6.92 Å². The molecule has 1 aliphatic rings. The lowest BCUT2D eigenvalue weighted by Crippen LogP contribution is -2.52. The second-order valence-electron chi connectivity index (χ2n) is 5.71. The van der Waals surface area contributed by atoms with Crippen LogP contribution in [0.15, 0.2) is 0 Å². The third-order valence-electron chi connectivity index (χ3n) is 3.60. The summed E-state index contributed by atoms with van der Waals surface area (Å²) >= 11 is 0. The third-order valence-corrected chi connectivity index (χ3v) is 3.60. The van der Waals surface area contributed by atoms with Crippen LogP contribution in [0.3, 0.4) is 0 Å². The van der Waals surface area contributed by atoms with Crippen LogP contribution >= 0.6 is 0 Å². The number of piperidine rings is 1. The van der Waals surface area contributed by atoms with Crippen LogP contribution in [-0.4, -0.2) is 39.9 Å². The predicted octanol–water partition coefficient (Wildman–Crippen LogP) is 2.55. The van der Waals surface area contributed by atoms with Gasteiger partial charge in [-0.3, -0.25) is 0 Å². The minimum atomic E-state index is -0.424. The summed E-state index contributed by atoms with van der Waals surface area (Å²) in [6.45, 7) is 9.75. The van der Waals surface area contributed by atoms with Crippen LogP contribution in [0.4, 0.5) is 4.79 Å². The number of likely N-dealkylation sites (tertiary alicyclic amines) is 1. The summed E-state index contributed by atoms with van der Waals surface area (Å²) in [6.07, 6.45) is 1.49. The van der Waals surface area contributed by atoms with Crippen LogP contribution in [0.1, 0.15) is 53.9 Å². The molecule has 0 saturated carbocycles. The SMILES string of the molecule is CCC(C)(C)OC(=O)N1C(C)CC(O)CC1C. The van der Waals surface area contributed by atoms with Gasteiger partial charge in [-0.25, -0.2) is 4.79 Å². The van der Waals surface area contributed by atoms with Gasteiger partial charge in [0.2, 0.25) is 0 Å². The number of amides is 1. The Labute approximate surface area is 104 Å². The van der Waals surface area contributed by atoms with E-state index in [0.29, 0.717) is 12.8 Å². The molecule has 4 heteroatoms. The van der Waals surface area contributed by atoms with Crippen LogP contribution in [0.25, 0.3) is 0 Å². The molecule has 1 fully saturated rings. The van der Waals surface area contributed by atoms with E-state index in [0.717, 1.165) is 6.42 Å². The lowest BCUT2D eigenvalue weighted by Gasteiger charge is -2.41. The Kier molecular flexibility index (Phi) is 4.42. The van der Waals surface area contributed by atoms with Crippen LogP contribution in [0.2, 0.25) is 0 Å². The molecule has 0 aromatic heterocycles. The monoisotopic (exact) mass is 243 g/mol. The number of hydrogen-bond acceptors (Lipinski definition) is 3. The van der Waals surface area contributed by atoms with Crippen LogP contribution in [-0.2, 0) is 4.74 Å². The molecule has 1 amide bonds. The summed E-state index contributed by atoms with van der Waals surface area (Å²) < 4.78 is 5.51. The van der Waals surface area contributed by atoms with E-state index in [1.807, 2.05) is 34.6 Å². The highest BCUT2D eigenvalue weighted by atomic mass is 16.6. The molecule has 1 saturated heterocycles. The second kappa shape index (κ2) is 5.25. The van der Waals surface area contributed by atoms with Gasteiger partial charge < -0.3 is 14.7 Å². The fraction of sp³-hybridized carbons (Fsp3) is 0.923. The minimum absolute atomic E-state index is 0.0360. The molecular weight excluding hydrogens is 218 g/mol. The van der Waals surface area contributed by atoms with Crippen molar-refractivity contribution in [3.8, 4) is 0 Å². The molecule has 100 valence electrons. The average Bonchev–Trinajstić information content (AvgIpc) is 2.14. The Morgan fingerprint density at radius 2 is 1.82 bits per heavy atom. The predicted molar refractivity (Wildman–Crippen MR) is 66.9 cm³/mol. The maximum atomic E-state index is 12.1. The van der Waals surface area contributed by atoms with Crippen molar-refractivity contribution < 1.29 is 14.6 Å². The molecule has 0 aromatic carbocycles. The van der Waals surface area contributed by atoms with Gasteiger partial charge in [-0.15, -0.1) is 0 Å². The summed E-state index contributed by atoms with van der Waals surface area (Å²) in [5.74, 6) is 0. The molecule has 0 aromatic rings. The zero-order valence-electron chi connectivity index (χ0n) is 11.6. The van der Waals surface area contributed by atoms with Gasteiger partial charge in [0.1, 0.15) is 5.60 Å². The van der Waals surface area contributed by atoms with Gasteiger partial charge in [0.15, 0.2) is 0 Å². The van der Waals surface area contributed by atoms with Gasteiger partial charge in [0, 0.05) is 12.1 Å². The molecular formula is C13H25NO3. The fourth-order valence-corrected chi connectivity index (χ4v) is 2.27. The van der Waals surface area contributed by atoms with Gasteiger partial charge >= 0.3 is 6.09 Å². The number of nitrogens with zero attached hydrogens (tertiary/aromatic N) is 1. The molecule has 1 aliphatic heterocycles. The Balaban J connectivity index is 2.68. The molecule has 2 unspecified atom stereocenters. The number of hydrogen-bond donors (Lipinski definition) is 1. The van der Waals surface area contributed by atoms with Crippen molar-refractivity contribution in [1.82, 2.24) is 4.90 Å². The second-order valence-corrected chi connectivity index (χ2v) is 5.71. The van der Waals surface area contributed by atoms with Crippen molar-refractivity contribution in [1.29, 1.82) is 0 Å². The highest BCUT2D eigenvalue weighted by Gasteiger charge is 2.36. The summed E-state index contributed by atoms with van der Waals surface area (Å²) in [4.78, 5) is 13.9. The van der Waals surface area contributed by atoms with Crippen LogP contribution in [0.5, 0.6) is 0 Å².